The fourth-order valence-electron chi connectivity index (χ4n) is 2.94. The Balaban J connectivity index is 1.74. The molecule has 4 rings (SSSR count). The summed E-state index contributed by atoms with van der Waals surface area (Å²) in [5.41, 5.74) is 1.46. The topological polar surface area (TPSA) is 113 Å². The minimum atomic E-state index is -0.452. The van der Waals surface area contributed by atoms with Crippen molar-refractivity contribution in [2.75, 3.05) is 16.8 Å². The molecule has 0 aliphatic heterocycles. The summed E-state index contributed by atoms with van der Waals surface area (Å²) in [6, 6.07) is 14.2. The molecule has 0 amide bonds. The van der Waals surface area contributed by atoms with Crippen LogP contribution in [0.3, 0.4) is 0 Å². The first-order chi connectivity index (χ1) is 13.7. The van der Waals surface area contributed by atoms with Crippen molar-refractivity contribution in [1.82, 2.24) is 20.2 Å². The second-order valence-corrected chi connectivity index (χ2v) is 6.02. The lowest BCUT2D eigenvalue weighted by atomic mass is 10.2. The van der Waals surface area contributed by atoms with Gasteiger partial charge in [0.05, 0.1) is 16.6 Å². The number of nitrogens with zero attached hydrogens (tertiary/aromatic N) is 5. The average molecular weight is 375 g/mol. The molecule has 0 saturated heterocycles. The van der Waals surface area contributed by atoms with E-state index in [0.29, 0.717) is 18.1 Å². The van der Waals surface area contributed by atoms with E-state index >= 15 is 0 Å². The average Bonchev–Trinajstić information content (AvgIpc) is 3.17. The Labute approximate surface area is 160 Å². The van der Waals surface area contributed by atoms with Crippen LogP contribution in [0.1, 0.15) is 6.92 Å². The molecule has 0 atom stereocenters. The van der Waals surface area contributed by atoms with Gasteiger partial charge in [-0.3, -0.25) is 15.2 Å². The Morgan fingerprint density at radius 2 is 2.07 bits per heavy atom. The van der Waals surface area contributed by atoms with Gasteiger partial charge in [-0.05, 0) is 43.3 Å². The lowest BCUT2D eigenvalue weighted by Crippen LogP contribution is -2.19. The minimum absolute atomic E-state index is 0.104. The number of rotatable bonds is 6. The van der Waals surface area contributed by atoms with Crippen LogP contribution in [-0.2, 0) is 0 Å². The standard InChI is InChI=1S/C19H17N7O2/c1-2-25(17-5-3-4-10-20-17)18-9-8-16(26(27)28)19(23-18)22-14-6-7-15-13(11-14)12-21-24-15/h3-12H,2H2,1H3,(H,21,24)(H,22,23). The highest BCUT2D eigenvalue weighted by molar-refractivity contribution is 5.83. The van der Waals surface area contributed by atoms with Gasteiger partial charge in [0.1, 0.15) is 11.6 Å². The summed E-state index contributed by atoms with van der Waals surface area (Å²) < 4.78 is 0. The van der Waals surface area contributed by atoms with Gasteiger partial charge in [0, 0.05) is 29.9 Å². The van der Waals surface area contributed by atoms with Crippen molar-refractivity contribution in [1.29, 1.82) is 0 Å². The van der Waals surface area contributed by atoms with E-state index in [1.165, 1.54) is 6.07 Å². The second kappa shape index (κ2) is 7.31. The van der Waals surface area contributed by atoms with Crippen LogP contribution >= 0.6 is 0 Å². The highest BCUT2D eigenvalue weighted by Crippen LogP contribution is 2.31. The van der Waals surface area contributed by atoms with Crippen molar-refractivity contribution in [2.45, 2.75) is 6.92 Å². The van der Waals surface area contributed by atoms with Gasteiger partial charge in [-0.1, -0.05) is 6.07 Å². The third-order valence-corrected chi connectivity index (χ3v) is 4.28. The number of benzene rings is 1. The highest BCUT2D eigenvalue weighted by atomic mass is 16.6. The largest absolute Gasteiger partial charge is 0.334 e. The number of H-pyrrole nitrogens is 1. The Kier molecular flexibility index (Phi) is 4.55. The van der Waals surface area contributed by atoms with Crippen LogP contribution in [0.25, 0.3) is 10.9 Å². The van der Waals surface area contributed by atoms with E-state index in [9.17, 15) is 10.1 Å². The first-order valence-corrected chi connectivity index (χ1v) is 8.70. The Morgan fingerprint density at radius 3 is 2.82 bits per heavy atom. The molecule has 3 aromatic heterocycles. The molecule has 0 saturated carbocycles. The van der Waals surface area contributed by atoms with Crippen LogP contribution < -0.4 is 10.2 Å². The van der Waals surface area contributed by atoms with E-state index < -0.39 is 4.92 Å². The Morgan fingerprint density at radius 1 is 1.18 bits per heavy atom. The van der Waals surface area contributed by atoms with Crippen LogP contribution in [-0.4, -0.2) is 31.6 Å². The maximum Gasteiger partial charge on any atom is 0.311 e. The van der Waals surface area contributed by atoms with E-state index in [4.69, 9.17) is 0 Å². The van der Waals surface area contributed by atoms with Gasteiger partial charge in [-0.2, -0.15) is 5.10 Å². The lowest BCUT2D eigenvalue weighted by Gasteiger charge is -2.21. The van der Waals surface area contributed by atoms with E-state index in [0.717, 1.165) is 16.7 Å². The molecule has 28 heavy (non-hydrogen) atoms. The molecule has 140 valence electrons. The number of aromatic nitrogens is 4. The zero-order chi connectivity index (χ0) is 19.5. The van der Waals surface area contributed by atoms with Crippen LogP contribution in [0.2, 0.25) is 0 Å². The number of aromatic amines is 1. The number of hydrogen-bond donors (Lipinski definition) is 2. The summed E-state index contributed by atoms with van der Waals surface area (Å²) in [5, 5.41) is 22.3. The molecule has 0 bridgehead atoms. The zero-order valence-electron chi connectivity index (χ0n) is 15.0. The number of nitro groups is 1. The van der Waals surface area contributed by atoms with Crippen molar-refractivity contribution in [3.05, 3.63) is 71.0 Å². The molecule has 2 N–H and O–H groups in total. The van der Waals surface area contributed by atoms with Crippen molar-refractivity contribution in [3.8, 4) is 0 Å². The highest BCUT2D eigenvalue weighted by Gasteiger charge is 2.19. The SMILES string of the molecule is CCN(c1ccccn1)c1ccc([N+](=O)[O-])c(Nc2ccc3[nH]ncc3c2)n1. The van der Waals surface area contributed by atoms with E-state index in [1.54, 1.807) is 18.5 Å². The second-order valence-electron chi connectivity index (χ2n) is 6.02. The molecule has 9 heteroatoms. The van der Waals surface area contributed by atoms with Crippen LogP contribution in [0.5, 0.6) is 0 Å². The predicted molar refractivity (Wildman–Crippen MR) is 107 cm³/mol. The van der Waals surface area contributed by atoms with Crippen LogP contribution in [0.4, 0.5) is 28.8 Å². The molecular formula is C19H17N7O2. The van der Waals surface area contributed by atoms with Crippen molar-refractivity contribution in [3.63, 3.8) is 0 Å². The number of nitrogens with one attached hydrogen (secondary N) is 2. The molecule has 0 radical (unpaired) electrons. The van der Waals surface area contributed by atoms with Gasteiger partial charge < -0.3 is 10.2 Å². The van der Waals surface area contributed by atoms with Gasteiger partial charge in [0.25, 0.3) is 0 Å². The van der Waals surface area contributed by atoms with Crippen molar-refractivity contribution >= 4 is 39.7 Å². The molecular weight excluding hydrogens is 358 g/mol. The summed E-state index contributed by atoms with van der Waals surface area (Å²) in [6.45, 7) is 2.58. The molecule has 0 unspecified atom stereocenters. The van der Waals surface area contributed by atoms with Crippen molar-refractivity contribution in [2.24, 2.45) is 0 Å². The van der Waals surface area contributed by atoms with E-state index in [-0.39, 0.29) is 11.5 Å². The fraction of sp³-hybridized carbons (Fsp3) is 0.105. The smallest absolute Gasteiger partial charge is 0.311 e. The molecule has 0 aliphatic rings. The number of pyridine rings is 2. The van der Waals surface area contributed by atoms with Crippen LogP contribution in [0, 0.1) is 10.1 Å². The molecule has 9 nitrogen and oxygen atoms in total. The Hall–Kier alpha value is -4.01. The monoisotopic (exact) mass is 375 g/mol. The first kappa shape index (κ1) is 17.4. The normalized spacial score (nSPS) is 10.8. The first-order valence-electron chi connectivity index (χ1n) is 8.70. The van der Waals surface area contributed by atoms with Crippen molar-refractivity contribution < 1.29 is 4.92 Å². The molecule has 4 aromatic rings. The number of hydrogen-bond acceptors (Lipinski definition) is 7. The number of anilines is 4. The molecule has 3 heterocycles. The number of fused-ring (bicyclic) bond motifs is 1. The maximum atomic E-state index is 11.5. The molecule has 0 fully saturated rings. The van der Waals surface area contributed by atoms with Gasteiger partial charge in [0.2, 0.25) is 5.82 Å². The van der Waals surface area contributed by atoms with Gasteiger partial charge in [-0.15, -0.1) is 0 Å². The third-order valence-electron chi connectivity index (χ3n) is 4.28. The molecule has 1 aromatic carbocycles. The van der Waals surface area contributed by atoms with Gasteiger partial charge in [0.15, 0.2) is 0 Å². The van der Waals surface area contributed by atoms with Gasteiger partial charge in [-0.25, -0.2) is 9.97 Å². The minimum Gasteiger partial charge on any atom is -0.334 e. The maximum absolute atomic E-state index is 11.5. The zero-order valence-corrected chi connectivity index (χ0v) is 15.0. The summed E-state index contributed by atoms with van der Waals surface area (Å²) in [6.07, 6.45) is 3.39. The molecule has 0 aliphatic carbocycles. The quantitative estimate of drug-likeness (QED) is 0.384. The lowest BCUT2D eigenvalue weighted by molar-refractivity contribution is -0.384. The third kappa shape index (κ3) is 3.32. The summed E-state index contributed by atoms with van der Waals surface area (Å²) >= 11 is 0. The van der Waals surface area contributed by atoms with E-state index in [1.807, 2.05) is 48.2 Å². The van der Waals surface area contributed by atoms with Crippen LogP contribution in [0.15, 0.2) is 60.9 Å². The molecule has 0 spiro atoms. The summed E-state index contributed by atoms with van der Waals surface area (Å²) in [5.74, 6) is 1.45. The van der Waals surface area contributed by atoms with E-state index in [2.05, 4.69) is 25.5 Å². The Bertz CT molecular complexity index is 1130. The summed E-state index contributed by atoms with van der Waals surface area (Å²) in [7, 11) is 0. The fourth-order valence-corrected chi connectivity index (χ4v) is 2.94. The van der Waals surface area contributed by atoms with Gasteiger partial charge >= 0.3 is 5.69 Å². The predicted octanol–water partition coefficient (Wildman–Crippen LogP) is 4.16. The summed E-state index contributed by atoms with van der Waals surface area (Å²) in [4.78, 5) is 21.8.